The van der Waals surface area contributed by atoms with Gasteiger partial charge in [-0.2, -0.15) is 0 Å². The molecule has 2 aliphatic rings. The summed E-state index contributed by atoms with van der Waals surface area (Å²) in [4.78, 5) is 18.5. The number of methoxy groups -OCH3 is 1. The van der Waals surface area contributed by atoms with Crippen LogP contribution in [0.2, 0.25) is 0 Å². The zero-order valence-corrected chi connectivity index (χ0v) is 12.1. The molecule has 2 aliphatic heterocycles. The lowest BCUT2D eigenvalue weighted by Gasteiger charge is -2.34. The molecule has 0 aromatic rings. The van der Waals surface area contributed by atoms with Crippen molar-refractivity contribution in [3.8, 4) is 0 Å². The van der Waals surface area contributed by atoms with E-state index in [-0.39, 0.29) is 0 Å². The van der Waals surface area contributed by atoms with Crippen LogP contribution in [0.3, 0.4) is 0 Å². The van der Waals surface area contributed by atoms with Gasteiger partial charge in [-0.25, -0.2) is 0 Å². The summed E-state index contributed by atoms with van der Waals surface area (Å²) in [6.45, 7) is 9.52. The predicted molar refractivity (Wildman–Crippen MR) is 75.2 cm³/mol. The lowest BCUT2D eigenvalue weighted by molar-refractivity contribution is -0.127. The minimum atomic E-state index is 0.351. The number of likely N-dealkylation sites (tertiary alicyclic amines) is 1. The summed E-state index contributed by atoms with van der Waals surface area (Å²) < 4.78 is 5.11. The number of hydrogen-bond acceptors (Lipinski definition) is 4. The van der Waals surface area contributed by atoms with Crippen LogP contribution in [0.5, 0.6) is 0 Å². The first-order valence-electron chi connectivity index (χ1n) is 7.51. The molecule has 19 heavy (non-hydrogen) atoms. The van der Waals surface area contributed by atoms with Crippen LogP contribution in [0.1, 0.15) is 19.3 Å². The van der Waals surface area contributed by atoms with Gasteiger partial charge in [0.25, 0.3) is 0 Å². The highest BCUT2D eigenvalue weighted by Gasteiger charge is 2.20. The smallest absolute Gasteiger partial charge is 0.222 e. The Balaban J connectivity index is 1.54. The standard InChI is InChI=1S/C14H27N3O2/c1-19-13-12-16-10-8-15(9-11-16)5-3-7-17-6-2-4-14(17)18/h2-13H2,1H3. The fourth-order valence-corrected chi connectivity index (χ4v) is 2.88. The molecule has 0 saturated carbocycles. The third-order valence-corrected chi connectivity index (χ3v) is 4.15. The molecule has 2 fully saturated rings. The molecule has 1 amide bonds. The molecule has 0 radical (unpaired) electrons. The molecule has 0 aliphatic carbocycles. The van der Waals surface area contributed by atoms with Crippen LogP contribution in [0.15, 0.2) is 0 Å². The van der Waals surface area contributed by atoms with Gasteiger partial charge in [-0.05, 0) is 19.4 Å². The van der Waals surface area contributed by atoms with Crippen LogP contribution in [0, 0.1) is 0 Å². The normalized spacial score (nSPS) is 22.4. The second-order valence-electron chi connectivity index (χ2n) is 5.51. The third-order valence-electron chi connectivity index (χ3n) is 4.15. The van der Waals surface area contributed by atoms with Gasteiger partial charge >= 0.3 is 0 Å². The van der Waals surface area contributed by atoms with E-state index in [0.29, 0.717) is 5.91 Å². The van der Waals surface area contributed by atoms with E-state index in [1.54, 1.807) is 7.11 Å². The van der Waals surface area contributed by atoms with Gasteiger partial charge in [0.15, 0.2) is 0 Å². The first-order chi connectivity index (χ1) is 9.29. The van der Waals surface area contributed by atoms with Gasteiger partial charge in [-0.1, -0.05) is 0 Å². The minimum Gasteiger partial charge on any atom is -0.383 e. The molecule has 0 spiro atoms. The molecule has 0 N–H and O–H groups in total. The molecular formula is C14H27N3O2. The summed E-state index contributed by atoms with van der Waals surface area (Å²) >= 11 is 0. The van der Waals surface area contributed by atoms with Crippen molar-refractivity contribution in [2.45, 2.75) is 19.3 Å². The monoisotopic (exact) mass is 269 g/mol. The number of ether oxygens (including phenoxy) is 1. The van der Waals surface area contributed by atoms with Crippen LogP contribution in [0.4, 0.5) is 0 Å². The van der Waals surface area contributed by atoms with Gasteiger partial charge in [0.2, 0.25) is 5.91 Å². The van der Waals surface area contributed by atoms with Gasteiger partial charge in [0, 0.05) is 59.3 Å². The Morgan fingerprint density at radius 1 is 1.00 bits per heavy atom. The van der Waals surface area contributed by atoms with Crippen molar-refractivity contribution in [3.63, 3.8) is 0 Å². The Hall–Kier alpha value is -0.650. The van der Waals surface area contributed by atoms with Crippen LogP contribution in [0.25, 0.3) is 0 Å². The zero-order valence-electron chi connectivity index (χ0n) is 12.1. The quantitative estimate of drug-likeness (QED) is 0.664. The van der Waals surface area contributed by atoms with E-state index in [1.165, 1.54) is 0 Å². The van der Waals surface area contributed by atoms with E-state index >= 15 is 0 Å². The number of hydrogen-bond donors (Lipinski definition) is 0. The fourth-order valence-electron chi connectivity index (χ4n) is 2.88. The number of nitrogens with zero attached hydrogens (tertiary/aromatic N) is 3. The Kier molecular flexibility index (Phi) is 6.07. The summed E-state index contributed by atoms with van der Waals surface area (Å²) in [6, 6.07) is 0. The molecule has 0 unspecified atom stereocenters. The summed E-state index contributed by atoms with van der Waals surface area (Å²) in [5.74, 6) is 0.351. The Morgan fingerprint density at radius 2 is 1.68 bits per heavy atom. The average molecular weight is 269 g/mol. The summed E-state index contributed by atoms with van der Waals surface area (Å²) in [7, 11) is 1.76. The highest BCUT2D eigenvalue weighted by Crippen LogP contribution is 2.10. The van der Waals surface area contributed by atoms with Crippen molar-refractivity contribution >= 4 is 5.91 Å². The van der Waals surface area contributed by atoms with E-state index in [1.807, 2.05) is 4.90 Å². The minimum absolute atomic E-state index is 0.351. The Labute approximate surface area is 116 Å². The predicted octanol–water partition coefficient (Wildman–Crippen LogP) is 0.263. The molecule has 2 heterocycles. The van der Waals surface area contributed by atoms with Gasteiger partial charge < -0.3 is 14.5 Å². The van der Waals surface area contributed by atoms with Gasteiger partial charge in [-0.15, -0.1) is 0 Å². The Bertz CT molecular complexity index is 278. The van der Waals surface area contributed by atoms with Crippen molar-refractivity contribution in [2.75, 3.05) is 66.1 Å². The van der Waals surface area contributed by atoms with Crippen molar-refractivity contribution in [1.82, 2.24) is 14.7 Å². The van der Waals surface area contributed by atoms with Gasteiger partial charge in [-0.3, -0.25) is 9.69 Å². The molecule has 5 heteroatoms. The fraction of sp³-hybridized carbons (Fsp3) is 0.929. The largest absolute Gasteiger partial charge is 0.383 e. The van der Waals surface area contributed by atoms with Crippen molar-refractivity contribution < 1.29 is 9.53 Å². The van der Waals surface area contributed by atoms with E-state index in [9.17, 15) is 4.79 Å². The van der Waals surface area contributed by atoms with E-state index in [0.717, 1.165) is 78.2 Å². The van der Waals surface area contributed by atoms with Crippen molar-refractivity contribution in [1.29, 1.82) is 0 Å². The van der Waals surface area contributed by atoms with Gasteiger partial charge in [0.05, 0.1) is 6.61 Å². The first kappa shape index (κ1) is 14.8. The maximum atomic E-state index is 11.5. The summed E-state index contributed by atoms with van der Waals surface area (Å²) in [5.41, 5.74) is 0. The molecule has 0 atom stereocenters. The van der Waals surface area contributed by atoms with Crippen LogP contribution in [-0.4, -0.2) is 86.7 Å². The number of piperazine rings is 1. The SMILES string of the molecule is COCCN1CCN(CCCN2CCCC2=O)CC1. The lowest BCUT2D eigenvalue weighted by Crippen LogP contribution is -2.47. The molecule has 0 bridgehead atoms. The highest BCUT2D eigenvalue weighted by molar-refractivity contribution is 5.77. The number of carbonyl (C=O) groups excluding carboxylic acids is 1. The van der Waals surface area contributed by atoms with Crippen LogP contribution < -0.4 is 0 Å². The number of amides is 1. The molecule has 0 aromatic carbocycles. The summed E-state index contributed by atoms with van der Waals surface area (Å²) in [5, 5.41) is 0. The number of rotatable bonds is 7. The maximum Gasteiger partial charge on any atom is 0.222 e. The molecule has 110 valence electrons. The molecule has 0 aromatic heterocycles. The third kappa shape index (κ3) is 4.75. The van der Waals surface area contributed by atoms with Crippen molar-refractivity contribution in [2.24, 2.45) is 0 Å². The van der Waals surface area contributed by atoms with Crippen LogP contribution >= 0.6 is 0 Å². The molecule has 2 saturated heterocycles. The first-order valence-corrected chi connectivity index (χ1v) is 7.51. The second-order valence-corrected chi connectivity index (χ2v) is 5.51. The lowest BCUT2D eigenvalue weighted by atomic mass is 10.3. The molecule has 5 nitrogen and oxygen atoms in total. The number of carbonyl (C=O) groups is 1. The second kappa shape index (κ2) is 7.82. The van der Waals surface area contributed by atoms with Gasteiger partial charge in [0.1, 0.15) is 0 Å². The van der Waals surface area contributed by atoms with E-state index in [4.69, 9.17) is 4.74 Å². The Morgan fingerprint density at radius 3 is 2.26 bits per heavy atom. The highest BCUT2D eigenvalue weighted by atomic mass is 16.5. The van der Waals surface area contributed by atoms with Crippen LogP contribution in [-0.2, 0) is 9.53 Å². The average Bonchev–Trinajstić information content (AvgIpc) is 2.84. The van der Waals surface area contributed by atoms with E-state index in [2.05, 4.69) is 9.80 Å². The summed E-state index contributed by atoms with van der Waals surface area (Å²) in [6.07, 6.45) is 2.93. The zero-order chi connectivity index (χ0) is 13.5. The van der Waals surface area contributed by atoms with Crippen molar-refractivity contribution in [3.05, 3.63) is 0 Å². The molecule has 2 rings (SSSR count). The maximum absolute atomic E-state index is 11.5. The van der Waals surface area contributed by atoms with E-state index < -0.39 is 0 Å². The topological polar surface area (TPSA) is 36.0 Å². The molecular weight excluding hydrogens is 242 g/mol.